The first-order valence-electron chi connectivity index (χ1n) is 12.0. The fourth-order valence-electron chi connectivity index (χ4n) is 5.62. The lowest BCUT2D eigenvalue weighted by Crippen LogP contribution is -2.52. The van der Waals surface area contributed by atoms with Crippen LogP contribution in [-0.4, -0.2) is 56.9 Å². The summed E-state index contributed by atoms with van der Waals surface area (Å²) in [5, 5.41) is 0.185. The number of fused-ring (bicyclic) bond motifs is 2. The number of benzene rings is 2. The van der Waals surface area contributed by atoms with E-state index in [9.17, 15) is 9.59 Å². The molecule has 0 saturated heterocycles. The topological polar surface area (TPSA) is 74.3 Å². The van der Waals surface area contributed by atoms with Gasteiger partial charge in [0.15, 0.2) is 17.3 Å². The molecular formula is C28H30ClNO6. The van der Waals surface area contributed by atoms with Crippen molar-refractivity contribution in [2.45, 2.75) is 37.4 Å². The lowest BCUT2D eigenvalue weighted by molar-refractivity contribution is -0.119. The van der Waals surface area contributed by atoms with E-state index in [1.54, 1.807) is 6.07 Å². The van der Waals surface area contributed by atoms with Crippen molar-refractivity contribution in [3.8, 4) is 17.2 Å². The average molecular weight is 512 g/mol. The van der Waals surface area contributed by atoms with Gasteiger partial charge in [0.1, 0.15) is 27.7 Å². The zero-order valence-electron chi connectivity index (χ0n) is 21.1. The van der Waals surface area contributed by atoms with Gasteiger partial charge in [-0.3, -0.25) is 9.59 Å². The Morgan fingerprint density at radius 3 is 2.42 bits per heavy atom. The van der Waals surface area contributed by atoms with Gasteiger partial charge < -0.3 is 23.8 Å². The highest BCUT2D eigenvalue weighted by molar-refractivity contribution is 6.35. The Kier molecular flexibility index (Phi) is 6.04. The lowest BCUT2D eigenvalue weighted by atomic mass is 9.72. The van der Waals surface area contributed by atoms with E-state index in [-0.39, 0.29) is 34.3 Å². The quantitative estimate of drug-likeness (QED) is 0.551. The van der Waals surface area contributed by atoms with Gasteiger partial charge in [0.25, 0.3) is 0 Å². The number of hydrogen-bond acceptors (Lipinski definition) is 7. The van der Waals surface area contributed by atoms with Crippen LogP contribution in [0.15, 0.2) is 47.7 Å². The van der Waals surface area contributed by atoms with Crippen LogP contribution >= 0.6 is 11.6 Å². The van der Waals surface area contributed by atoms with Crippen LogP contribution < -0.4 is 14.2 Å². The van der Waals surface area contributed by atoms with E-state index >= 15 is 0 Å². The number of carbonyl (C=O) groups excluding carboxylic acids is 2. The van der Waals surface area contributed by atoms with Gasteiger partial charge in [-0.25, -0.2) is 0 Å². The number of carbonyl (C=O) groups is 2. The minimum atomic E-state index is -1.51. The summed E-state index contributed by atoms with van der Waals surface area (Å²) in [6, 6.07) is 11.4. The largest absolute Gasteiger partial charge is 0.496 e. The number of ether oxygens (including phenoxy) is 4. The van der Waals surface area contributed by atoms with Crippen LogP contribution in [0.2, 0.25) is 5.02 Å². The summed E-state index contributed by atoms with van der Waals surface area (Å²) in [4.78, 5) is 29.7. The van der Waals surface area contributed by atoms with Gasteiger partial charge in [-0.2, -0.15) is 0 Å². The molecule has 1 aliphatic carbocycles. The number of methoxy groups -OCH3 is 2. The minimum Gasteiger partial charge on any atom is -0.496 e. The molecule has 0 amide bonds. The molecule has 2 aromatic rings. The molecule has 190 valence electrons. The van der Waals surface area contributed by atoms with Crippen LogP contribution in [0, 0.1) is 5.92 Å². The first kappa shape index (κ1) is 24.7. The third kappa shape index (κ3) is 3.44. The van der Waals surface area contributed by atoms with E-state index in [2.05, 4.69) is 4.90 Å². The number of halogens is 1. The predicted molar refractivity (Wildman–Crippen MR) is 135 cm³/mol. The molecule has 0 N–H and O–H groups in total. The van der Waals surface area contributed by atoms with Gasteiger partial charge in [-0.15, -0.1) is 0 Å². The molecule has 0 radical (unpaired) electrons. The molecule has 0 bridgehead atoms. The van der Waals surface area contributed by atoms with Gasteiger partial charge in [0.05, 0.1) is 14.2 Å². The molecule has 1 unspecified atom stereocenters. The molecule has 36 heavy (non-hydrogen) atoms. The molecule has 1 spiro atoms. The van der Waals surface area contributed by atoms with E-state index in [1.807, 2.05) is 51.4 Å². The molecule has 8 heteroatoms. The highest BCUT2D eigenvalue weighted by atomic mass is 35.5. The van der Waals surface area contributed by atoms with Crippen molar-refractivity contribution in [3.05, 3.63) is 63.9 Å². The summed E-state index contributed by atoms with van der Waals surface area (Å²) in [6.45, 7) is 2.58. The van der Waals surface area contributed by atoms with Gasteiger partial charge in [-0.1, -0.05) is 48.9 Å². The molecule has 2 heterocycles. The molecule has 5 rings (SSSR count). The second-order valence-corrected chi connectivity index (χ2v) is 10.4. The maximum absolute atomic E-state index is 14.2. The SMILES string of the molecule is COc1cc(OC)c2c(c1Cl)O[C@]1(C2=O)C2=C(CC(CCN(C)C)(c3ccccc3)O2)C(=O)C[C@H]1C. The Morgan fingerprint density at radius 1 is 1.08 bits per heavy atom. The number of Topliss-reactive ketones (excluding diaryl/α,β-unsaturated/α-hetero) is 2. The molecule has 0 aromatic heterocycles. The Labute approximate surface area is 215 Å². The van der Waals surface area contributed by atoms with E-state index < -0.39 is 17.1 Å². The third-order valence-electron chi connectivity index (χ3n) is 7.57. The van der Waals surface area contributed by atoms with Crippen molar-refractivity contribution < 1.29 is 28.5 Å². The Balaban J connectivity index is 1.67. The highest BCUT2D eigenvalue weighted by Crippen LogP contribution is 2.59. The fourth-order valence-corrected chi connectivity index (χ4v) is 5.88. The molecule has 7 nitrogen and oxygen atoms in total. The zero-order valence-corrected chi connectivity index (χ0v) is 21.9. The van der Waals surface area contributed by atoms with Crippen LogP contribution in [0.4, 0.5) is 0 Å². The van der Waals surface area contributed by atoms with Crippen LogP contribution in [0.5, 0.6) is 17.2 Å². The first-order chi connectivity index (χ1) is 17.2. The number of nitrogens with zero attached hydrogens (tertiary/aromatic N) is 1. The van der Waals surface area contributed by atoms with Crippen molar-refractivity contribution in [2.75, 3.05) is 34.9 Å². The van der Waals surface area contributed by atoms with E-state index in [0.29, 0.717) is 35.7 Å². The fraction of sp³-hybridized carbons (Fsp3) is 0.429. The first-order valence-corrected chi connectivity index (χ1v) is 12.4. The van der Waals surface area contributed by atoms with Gasteiger partial charge >= 0.3 is 0 Å². The van der Waals surface area contributed by atoms with Crippen molar-refractivity contribution in [1.29, 1.82) is 0 Å². The molecule has 0 fully saturated rings. The van der Waals surface area contributed by atoms with E-state index in [4.69, 9.17) is 30.5 Å². The molecule has 3 aliphatic rings. The highest BCUT2D eigenvalue weighted by Gasteiger charge is 2.65. The van der Waals surface area contributed by atoms with Crippen LogP contribution in [0.3, 0.4) is 0 Å². The number of ketones is 2. The van der Waals surface area contributed by atoms with Gasteiger partial charge in [0.2, 0.25) is 11.4 Å². The second kappa shape index (κ2) is 8.82. The predicted octanol–water partition coefficient (Wildman–Crippen LogP) is 4.80. The van der Waals surface area contributed by atoms with Crippen LogP contribution in [0.1, 0.15) is 42.1 Å². The van der Waals surface area contributed by atoms with Gasteiger partial charge in [-0.05, 0) is 19.7 Å². The van der Waals surface area contributed by atoms with Crippen LogP contribution in [-0.2, 0) is 15.1 Å². The smallest absolute Gasteiger partial charge is 0.231 e. The monoisotopic (exact) mass is 511 g/mol. The Bertz CT molecular complexity index is 1270. The normalized spacial score (nSPS) is 26.7. The Hall–Kier alpha value is -3.03. The maximum Gasteiger partial charge on any atom is 0.231 e. The van der Waals surface area contributed by atoms with Crippen molar-refractivity contribution in [3.63, 3.8) is 0 Å². The summed E-state index contributed by atoms with van der Waals surface area (Å²) in [6.07, 6.45) is 1.17. The number of hydrogen-bond donors (Lipinski definition) is 0. The molecule has 0 saturated carbocycles. The van der Waals surface area contributed by atoms with Crippen LogP contribution in [0.25, 0.3) is 0 Å². The second-order valence-electron chi connectivity index (χ2n) is 9.99. The zero-order chi connectivity index (χ0) is 25.8. The van der Waals surface area contributed by atoms with E-state index in [0.717, 1.165) is 12.1 Å². The molecule has 2 aliphatic heterocycles. The summed E-state index contributed by atoms with van der Waals surface area (Å²) in [5.74, 6) is 0.321. The lowest BCUT2D eigenvalue weighted by Gasteiger charge is -2.39. The molecular weight excluding hydrogens is 482 g/mol. The summed E-state index contributed by atoms with van der Waals surface area (Å²) in [7, 11) is 6.96. The maximum atomic E-state index is 14.2. The van der Waals surface area contributed by atoms with Gasteiger partial charge in [0, 0.05) is 43.4 Å². The minimum absolute atomic E-state index is 0.0196. The molecule has 3 atom stereocenters. The summed E-state index contributed by atoms with van der Waals surface area (Å²) < 4.78 is 24.2. The third-order valence-corrected chi connectivity index (χ3v) is 7.93. The molecule has 2 aromatic carbocycles. The Morgan fingerprint density at radius 2 is 1.78 bits per heavy atom. The summed E-state index contributed by atoms with van der Waals surface area (Å²) in [5.41, 5.74) is -0.599. The summed E-state index contributed by atoms with van der Waals surface area (Å²) >= 11 is 6.62. The van der Waals surface area contributed by atoms with Crippen molar-refractivity contribution in [2.24, 2.45) is 5.92 Å². The van der Waals surface area contributed by atoms with E-state index in [1.165, 1.54) is 14.2 Å². The standard InChI is InChI=1S/C28H30ClNO6/c1-16-13-19(31)18-15-27(11-12-30(2)3,17-9-7-6-8-10-17)36-26(18)28(16)25(32)22-20(33-4)14-21(34-5)23(29)24(22)35-28/h6-10,14,16H,11-13,15H2,1-5H3/t16-,27?,28-/m1/s1. The van der Waals surface area contributed by atoms with Crippen molar-refractivity contribution >= 4 is 23.2 Å². The van der Waals surface area contributed by atoms with Crippen molar-refractivity contribution in [1.82, 2.24) is 4.90 Å². The number of rotatable bonds is 6. The average Bonchev–Trinajstić information content (AvgIpc) is 3.42.